The highest BCUT2D eigenvalue weighted by molar-refractivity contribution is 9.11. The Morgan fingerprint density at radius 3 is 2.94 bits per heavy atom. The normalized spacial score (nSPS) is 16.7. The van der Waals surface area contributed by atoms with Crippen molar-refractivity contribution in [2.24, 2.45) is 5.41 Å². The number of aromatic nitrogens is 4. The zero-order valence-corrected chi connectivity index (χ0v) is 11.6. The molecule has 94 valence electrons. The second-order valence-electron chi connectivity index (χ2n) is 4.39. The lowest BCUT2D eigenvalue weighted by molar-refractivity contribution is -0.144. The monoisotopic (exact) mass is 328 g/mol. The number of carboxylic acid groups (broad SMARTS) is 1. The van der Waals surface area contributed by atoms with E-state index in [-0.39, 0.29) is 0 Å². The molecule has 2 aromatic heterocycles. The highest BCUT2D eigenvalue weighted by atomic mass is 79.9. The minimum absolute atomic E-state index is 0.331. The summed E-state index contributed by atoms with van der Waals surface area (Å²) in [6.07, 6.45) is 1.38. The van der Waals surface area contributed by atoms with Gasteiger partial charge >= 0.3 is 5.97 Å². The third-order valence-corrected chi connectivity index (χ3v) is 4.62. The van der Waals surface area contributed by atoms with E-state index < -0.39 is 11.4 Å². The molecule has 0 radical (unpaired) electrons. The van der Waals surface area contributed by atoms with Gasteiger partial charge in [0.25, 0.3) is 0 Å². The van der Waals surface area contributed by atoms with Crippen molar-refractivity contribution in [1.82, 2.24) is 20.2 Å². The number of halogens is 1. The second-order valence-corrected chi connectivity index (χ2v) is 6.68. The van der Waals surface area contributed by atoms with Crippen LogP contribution in [0.4, 0.5) is 0 Å². The summed E-state index contributed by atoms with van der Waals surface area (Å²) < 4.78 is 2.57. The van der Waals surface area contributed by atoms with Crippen molar-refractivity contribution < 1.29 is 9.90 Å². The van der Waals surface area contributed by atoms with E-state index in [0.29, 0.717) is 25.2 Å². The molecule has 18 heavy (non-hydrogen) atoms. The largest absolute Gasteiger partial charge is 0.481 e. The molecular formula is C10H9BrN4O2S. The fourth-order valence-electron chi connectivity index (χ4n) is 1.82. The van der Waals surface area contributed by atoms with Crippen molar-refractivity contribution in [3.63, 3.8) is 0 Å². The van der Waals surface area contributed by atoms with Gasteiger partial charge in [0.1, 0.15) is 0 Å². The molecule has 1 N–H and O–H groups in total. The molecule has 1 aliphatic carbocycles. The van der Waals surface area contributed by atoms with Gasteiger partial charge in [-0.15, -0.1) is 16.4 Å². The van der Waals surface area contributed by atoms with Crippen LogP contribution in [0.3, 0.4) is 0 Å². The molecule has 0 unspecified atom stereocenters. The quantitative estimate of drug-likeness (QED) is 0.928. The maximum Gasteiger partial charge on any atom is 0.311 e. The average molecular weight is 329 g/mol. The Labute approximate surface area is 115 Å². The smallest absolute Gasteiger partial charge is 0.311 e. The van der Waals surface area contributed by atoms with Crippen LogP contribution in [0.25, 0.3) is 11.4 Å². The van der Waals surface area contributed by atoms with Gasteiger partial charge in [-0.2, -0.15) is 0 Å². The molecule has 0 amide bonds. The molecule has 1 aliphatic rings. The van der Waals surface area contributed by atoms with Crippen LogP contribution in [-0.2, 0) is 11.3 Å². The first-order chi connectivity index (χ1) is 8.61. The fraction of sp³-hybridized carbons (Fsp3) is 0.400. The number of carboxylic acids is 1. The van der Waals surface area contributed by atoms with Crippen LogP contribution in [-0.4, -0.2) is 31.3 Å². The summed E-state index contributed by atoms with van der Waals surface area (Å²) in [5.41, 5.74) is 0.232. The van der Waals surface area contributed by atoms with Gasteiger partial charge < -0.3 is 5.11 Å². The summed E-state index contributed by atoms with van der Waals surface area (Å²) in [7, 11) is 0. The lowest BCUT2D eigenvalue weighted by atomic mass is 10.1. The zero-order valence-electron chi connectivity index (χ0n) is 9.21. The van der Waals surface area contributed by atoms with Crippen LogP contribution >= 0.6 is 27.3 Å². The summed E-state index contributed by atoms with van der Waals surface area (Å²) in [5, 5.41) is 22.6. The fourth-order valence-corrected chi connectivity index (χ4v) is 2.96. The van der Waals surface area contributed by atoms with E-state index >= 15 is 0 Å². The van der Waals surface area contributed by atoms with E-state index in [4.69, 9.17) is 0 Å². The number of hydrogen-bond donors (Lipinski definition) is 1. The molecule has 0 aromatic carbocycles. The molecule has 0 bridgehead atoms. The zero-order chi connectivity index (χ0) is 12.8. The molecule has 0 atom stereocenters. The first-order valence-electron chi connectivity index (χ1n) is 5.35. The van der Waals surface area contributed by atoms with Crippen LogP contribution in [0, 0.1) is 5.41 Å². The summed E-state index contributed by atoms with van der Waals surface area (Å²) in [6.45, 7) is 0.331. The molecule has 2 aromatic rings. The van der Waals surface area contributed by atoms with Gasteiger partial charge in [-0.3, -0.25) is 4.79 Å². The van der Waals surface area contributed by atoms with Gasteiger partial charge in [-0.25, -0.2) is 4.68 Å². The van der Waals surface area contributed by atoms with Crippen molar-refractivity contribution in [2.75, 3.05) is 0 Å². The molecule has 2 heterocycles. The van der Waals surface area contributed by atoms with Crippen LogP contribution in [0.2, 0.25) is 0 Å². The number of thiophene rings is 1. The van der Waals surface area contributed by atoms with Crippen molar-refractivity contribution in [1.29, 1.82) is 0 Å². The Balaban J connectivity index is 1.91. The molecule has 3 rings (SSSR count). The van der Waals surface area contributed by atoms with Gasteiger partial charge in [0.2, 0.25) is 0 Å². The number of nitrogens with zero attached hydrogens (tertiary/aromatic N) is 4. The molecule has 1 saturated carbocycles. The minimum atomic E-state index is -0.768. The van der Waals surface area contributed by atoms with E-state index in [9.17, 15) is 9.90 Å². The predicted octanol–water partition coefficient (Wildman–Crippen LogP) is 2.03. The van der Waals surface area contributed by atoms with Crippen LogP contribution in [0.15, 0.2) is 15.2 Å². The molecule has 1 fully saturated rings. The number of tetrazole rings is 1. The van der Waals surface area contributed by atoms with E-state index in [1.165, 1.54) is 0 Å². The van der Waals surface area contributed by atoms with Crippen molar-refractivity contribution >= 4 is 33.2 Å². The lowest BCUT2D eigenvalue weighted by Gasteiger charge is -2.09. The van der Waals surface area contributed by atoms with E-state index in [1.54, 1.807) is 16.0 Å². The van der Waals surface area contributed by atoms with Gasteiger partial charge in [-0.05, 0) is 45.3 Å². The summed E-state index contributed by atoms with van der Waals surface area (Å²) in [5.74, 6) is -0.153. The average Bonchev–Trinajstić information content (AvgIpc) is 2.76. The van der Waals surface area contributed by atoms with Crippen LogP contribution in [0.1, 0.15) is 12.8 Å². The molecular weight excluding hydrogens is 320 g/mol. The Morgan fingerprint density at radius 2 is 2.39 bits per heavy atom. The Hall–Kier alpha value is -1.28. The topological polar surface area (TPSA) is 80.9 Å². The third-order valence-electron chi connectivity index (χ3n) is 3.12. The summed E-state index contributed by atoms with van der Waals surface area (Å²) in [4.78, 5) is 11.2. The summed E-state index contributed by atoms with van der Waals surface area (Å²) >= 11 is 4.93. The number of aliphatic carboxylic acids is 1. The van der Waals surface area contributed by atoms with Gasteiger partial charge in [0.05, 0.1) is 15.7 Å². The van der Waals surface area contributed by atoms with Crippen LogP contribution in [0.5, 0.6) is 0 Å². The SMILES string of the molecule is O=C(O)C1(Cn2nnnc2-c2csc(Br)c2)CC1. The predicted molar refractivity (Wildman–Crippen MR) is 68.1 cm³/mol. The second kappa shape index (κ2) is 4.13. The highest BCUT2D eigenvalue weighted by Crippen LogP contribution is 2.47. The molecule has 6 nitrogen and oxygen atoms in total. The minimum Gasteiger partial charge on any atom is -0.481 e. The Morgan fingerprint density at radius 1 is 1.61 bits per heavy atom. The van der Waals surface area contributed by atoms with E-state index in [0.717, 1.165) is 9.35 Å². The van der Waals surface area contributed by atoms with Gasteiger partial charge in [0.15, 0.2) is 5.82 Å². The number of hydrogen-bond acceptors (Lipinski definition) is 5. The number of carbonyl (C=O) groups is 1. The lowest BCUT2D eigenvalue weighted by Crippen LogP contribution is -2.22. The molecule has 8 heteroatoms. The van der Waals surface area contributed by atoms with E-state index in [2.05, 4.69) is 31.5 Å². The third kappa shape index (κ3) is 1.95. The standard InChI is InChI=1S/C10H9BrN4O2S/c11-7-3-6(4-18-7)8-12-13-14-15(8)5-10(1-2-10)9(16)17/h3-4H,1-2,5H2,(H,16,17). The Kier molecular flexibility index (Phi) is 2.70. The maximum absolute atomic E-state index is 11.2. The highest BCUT2D eigenvalue weighted by Gasteiger charge is 2.51. The first kappa shape index (κ1) is 11.8. The maximum atomic E-state index is 11.2. The van der Waals surface area contributed by atoms with Crippen molar-refractivity contribution in [3.8, 4) is 11.4 Å². The Bertz CT molecular complexity index is 605. The van der Waals surface area contributed by atoms with E-state index in [1.807, 2.05) is 11.4 Å². The molecule has 0 aliphatic heterocycles. The van der Waals surface area contributed by atoms with Crippen molar-refractivity contribution in [2.45, 2.75) is 19.4 Å². The molecule has 0 spiro atoms. The first-order valence-corrected chi connectivity index (χ1v) is 7.02. The number of rotatable bonds is 4. The van der Waals surface area contributed by atoms with Gasteiger partial charge in [0, 0.05) is 10.9 Å². The summed E-state index contributed by atoms with van der Waals surface area (Å²) in [6, 6.07) is 1.92. The van der Waals surface area contributed by atoms with Crippen molar-refractivity contribution in [3.05, 3.63) is 15.2 Å². The van der Waals surface area contributed by atoms with Gasteiger partial charge in [-0.1, -0.05) is 0 Å². The molecule has 0 saturated heterocycles. The van der Waals surface area contributed by atoms with Crippen LogP contribution < -0.4 is 0 Å².